The second kappa shape index (κ2) is 9.84. The number of urea groups is 1. The fraction of sp³-hybridized carbons (Fsp3) is 0.350. The van der Waals surface area contributed by atoms with Crippen LogP contribution in [0.1, 0.15) is 17.2 Å². The predicted molar refractivity (Wildman–Crippen MR) is 113 cm³/mol. The first kappa shape index (κ1) is 22.8. The molecule has 0 heterocycles. The summed E-state index contributed by atoms with van der Waals surface area (Å²) in [6.07, 6.45) is 0. The maximum atomic E-state index is 12.3. The number of benzene rings is 2. The Balaban J connectivity index is 1.98. The number of rotatable bonds is 8. The number of carbonyl (C=O) groups is 1. The lowest BCUT2D eigenvalue weighted by Crippen LogP contribution is -2.36. The molecule has 0 spiro atoms. The van der Waals surface area contributed by atoms with Gasteiger partial charge >= 0.3 is 6.03 Å². The van der Waals surface area contributed by atoms with Crippen LogP contribution in [0.4, 0.5) is 10.5 Å². The van der Waals surface area contributed by atoms with E-state index in [1.165, 1.54) is 44.0 Å². The van der Waals surface area contributed by atoms with Gasteiger partial charge in [-0.15, -0.1) is 0 Å². The number of hydrogen-bond acceptors (Lipinski definition) is 5. The van der Waals surface area contributed by atoms with E-state index in [1.807, 2.05) is 38.1 Å². The van der Waals surface area contributed by atoms with Crippen molar-refractivity contribution < 1.29 is 18.0 Å². The van der Waals surface area contributed by atoms with Crippen molar-refractivity contribution in [2.45, 2.75) is 17.9 Å². The fourth-order valence-corrected chi connectivity index (χ4v) is 3.68. The first-order valence-corrected chi connectivity index (χ1v) is 10.5. The predicted octanol–water partition coefficient (Wildman–Crippen LogP) is 2.60. The van der Waals surface area contributed by atoms with Gasteiger partial charge in [-0.3, -0.25) is 4.84 Å². The minimum absolute atomic E-state index is 0.0263. The van der Waals surface area contributed by atoms with Crippen molar-refractivity contribution in [2.24, 2.45) is 0 Å². The topological polar surface area (TPSA) is 91.0 Å². The molecule has 0 radical (unpaired) electrons. The van der Waals surface area contributed by atoms with Crippen molar-refractivity contribution in [3.8, 4) is 0 Å². The largest absolute Gasteiger partial charge is 0.336 e. The monoisotopic (exact) mass is 420 g/mol. The highest BCUT2D eigenvalue weighted by Gasteiger charge is 2.20. The molecule has 9 heteroatoms. The van der Waals surface area contributed by atoms with Crippen molar-refractivity contribution >= 4 is 21.7 Å². The van der Waals surface area contributed by atoms with Crippen LogP contribution in [0, 0.1) is 6.92 Å². The van der Waals surface area contributed by atoms with Gasteiger partial charge in [-0.2, -0.15) is 0 Å². The Hall–Kier alpha value is -2.46. The Bertz CT molecular complexity index is 913. The molecule has 2 aromatic carbocycles. The molecule has 0 aliphatic rings. The molecule has 158 valence electrons. The zero-order valence-electron chi connectivity index (χ0n) is 17.3. The van der Waals surface area contributed by atoms with Gasteiger partial charge in [0.2, 0.25) is 0 Å². The number of hydrogen-bond donors (Lipinski definition) is 2. The highest BCUT2D eigenvalue weighted by atomic mass is 32.2. The molecular weight excluding hydrogens is 392 g/mol. The van der Waals surface area contributed by atoms with Crippen LogP contribution in [0.25, 0.3) is 0 Å². The lowest BCUT2D eigenvalue weighted by atomic mass is 10.0. The molecule has 1 atom stereocenters. The maximum absolute atomic E-state index is 12.3. The molecule has 2 amide bonds. The Morgan fingerprint density at radius 1 is 1.03 bits per heavy atom. The van der Waals surface area contributed by atoms with E-state index in [0.717, 1.165) is 10.0 Å². The zero-order chi connectivity index (χ0) is 21.6. The minimum Gasteiger partial charge on any atom is -0.336 e. The summed E-state index contributed by atoms with van der Waals surface area (Å²) in [5.41, 5.74) is 2.77. The van der Waals surface area contributed by atoms with E-state index in [0.29, 0.717) is 12.2 Å². The average molecular weight is 421 g/mol. The van der Waals surface area contributed by atoms with Gasteiger partial charge in [-0.25, -0.2) is 13.2 Å². The van der Waals surface area contributed by atoms with Gasteiger partial charge in [0.15, 0.2) is 0 Å². The summed E-state index contributed by atoms with van der Waals surface area (Å²) in [4.78, 5) is 19.1. The number of anilines is 1. The minimum atomic E-state index is -3.72. The number of aryl methyl sites for hydroxylation is 1. The molecule has 2 rings (SSSR count). The molecule has 0 aliphatic heterocycles. The van der Waals surface area contributed by atoms with Crippen LogP contribution < -0.4 is 10.6 Å². The quantitative estimate of drug-likeness (QED) is 0.641. The number of amides is 2. The van der Waals surface area contributed by atoms with Crippen molar-refractivity contribution in [2.75, 3.05) is 40.1 Å². The van der Waals surface area contributed by atoms with Crippen LogP contribution in [0.3, 0.4) is 0 Å². The number of carbonyl (C=O) groups excluding carboxylic acids is 1. The standard InChI is InChI=1S/C20H28N4O4S/c1-15-6-8-16(9-7-15)19(23(2)3)14-21-20(25)22-17-10-12-18(13-11-17)29(26,27)24(4)28-5/h6-13,19H,14H2,1-5H3,(H2,21,22,25). The molecule has 0 saturated carbocycles. The lowest BCUT2D eigenvalue weighted by molar-refractivity contribution is -0.0258. The third kappa shape index (κ3) is 6.01. The third-order valence-corrected chi connectivity index (χ3v) is 6.24. The number of hydroxylamine groups is 1. The number of likely N-dealkylation sites (N-methyl/N-ethyl adjacent to an activating group) is 1. The second-order valence-electron chi connectivity index (χ2n) is 6.85. The van der Waals surface area contributed by atoms with E-state index >= 15 is 0 Å². The van der Waals surface area contributed by atoms with Crippen molar-refractivity contribution in [3.05, 3.63) is 59.7 Å². The number of sulfonamides is 1. The summed E-state index contributed by atoms with van der Waals surface area (Å²) < 4.78 is 25.2. The molecule has 0 fully saturated rings. The van der Waals surface area contributed by atoms with Crippen molar-refractivity contribution in [1.29, 1.82) is 0 Å². The first-order chi connectivity index (χ1) is 13.6. The zero-order valence-corrected chi connectivity index (χ0v) is 18.2. The molecule has 8 nitrogen and oxygen atoms in total. The second-order valence-corrected chi connectivity index (χ2v) is 8.78. The summed E-state index contributed by atoms with van der Waals surface area (Å²) in [6.45, 7) is 2.46. The Morgan fingerprint density at radius 2 is 1.62 bits per heavy atom. The Kier molecular flexibility index (Phi) is 7.74. The Morgan fingerprint density at radius 3 is 2.14 bits per heavy atom. The van der Waals surface area contributed by atoms with Gasteiger partial charge in [0.25, 0.3) is 10.0 Å². The molecule has 0 aliphatic carbocycles. The van der Waals surface area contributed by atoms with E-state index in [-0.39, 0.29) is 17.0 Å². The van der Waals surface area contributed by atoms with Crippen LogP contribution >= 0.6 is 0 Å². The molecule has 2 aromatic rings. The van der Waals surface area contributed by atoms with Gasteiger partial charge < -0.3 is 15.5 Å². The van der Waals surface area contributed by atoms with E-state index in [2.05, 4.69) is 22.8 Å². The van der Waals surface area contributed by atoms with Gasteiger partial charge in [0.1, 0.15) is 0 Å². The van der Waals surface area contributed by atoms with E-state index < -0.39 is 10.0 Å². The SMILES string of the molecule is CON(C)S(=O)(=O)c1ccc(NC(=O)NCC(c2ccc(C)cc2)N(C)C)cc1. The number of nitrogens with one attached hydrogen (secondary N) is 2. The third-order valence-electron chi connectivity index (χ3n) is 4.55. The highest BCUT2D eigenvalue weighted by Crippen LogP contribution is 2.19. The van der Waals surface area contributed by atoms with Gasteiger partial charge in [-0.1, -0.05) is 34.3 Å². The van der Waals surface area contributed by atoms with Crippen LogP contribution in [0.2, 0.25) is 0 Å². The van der Waals surface area contributed by atoms with Gasteiger partial charge in [0, 0.05) is 19.3 Å². The van der Waals surface area contributed by atoms with Crippen molar-refractivity contribution in [3.63, 3.8) is 0 Å². The maximum Gasteiger partial charge on any atom is 0.319 e. The van der Waals surface area contributed by atoms with Crippen LogP contribution in [0.5, 0.6) is 0 Å². The van der Waals surface area contributed by atoms with Crippen LogP contribution in [-0.4, -0.2) is 58.6 Å². The summed E-state index contributed by atoms with van der Waals surface area (Å²) in [6, 6.07) is 13.7. The Labute approximate surface area is 172 Å². The van der Waals surface area contributed by atoms with Crippen LogP contribution in [-0.2, 0) is 14.9 Å². The van der Waals surface area contributed by atoms with E-state index in [1.54, 1.807) is 0 Å². The van der Waals surface area contributed by atoms with Gasteiger partial charge in [0.05, 0.1) is 18.0 Å². The highest BCUT2D eigenvalue weighted by molar-refractivity contribution is 7.89. The smallest absolute Gasteiger partial charge is 0.319 e. The lowest BCUT2D eigenvalue weighted by Gasteiger charge is -2.25. The van der Waals surface area contributed by atoms with E-state index in [9.17, 15) is 13.2 Å². The summed E-state index contributed by atoms with van der Waals surface area (Å²) in [7, 11) is 2.78. The summed E-state index contributed by atoms with van der Waals surface area (Å²) in [5.74, 6) is 0. The first-order valence-electron chi connectivity index (χ1n) is 9.06. The molecule has 1 unspecified atom stereocenters. The molecule has 0 aromatic heterocycles. The molecule has 29 heavy (non-hydrogen) atoms. The van der Waals surface area contributed by atoms with E-state index in [4.69, 9.17) is 4.84 Å². The van der Waals surface area contributed by atoms with Gasteiger partial charge in [-0.05, 0) is 50.8 Å². The summed E-state index contributed by atoms with van der Waals surface area (Å²) >= 11 is 0. The number of nitrogens with zero attached hydrogens (tertiary/aromatic N) is 2. The molecule has 0 saturated heterocycles. The molecular formula is C20H28N4O4S. The average Bonchev–Trinajstić information content (AvgIpc) is 2.69. The summed E-state index contributed by atoms with van der Waals surface area (Å²) in [5, 5.41) is 5.57. The normalized spacial score (nSPS) is 12.8. The molecule has 0 bridgehead atoms. The van der Waals surface area contributed by atoms with Crippen molar-refractivity contribution in [1.82, 2.24) is 14.7 Å². The fourth-order valence-electron chi connectivity index (χ4n) is 2.71. The molecule has 2 N–H and O–H groups in total. The van der Waals surface area contributed by atoms with Crippen LogP contribution in [0.15, 0.2) is 53.4 Å².